The van der Waals surface area contributed by atoms with Gasteiger partial charge in [-0.1, -0.05) is 30.2 Å². The first-order valence-corrected chi connectivity index (χ1v) is 15.0. The Morgan fingerprint density at radius 2 is 1.51 bits per heavy atom. The Morgan fingerprint density at radius 1 is 0.953 bits per heavy atom. The van der Waals surface area contributed by atoms with Crippen molar-refractivity contribution in [2.75, 3.05) is 39.3 Å². The second-order valence-electron chi connectivity index (χ2n) is 9.87. The molecule has 1 saturated heterocycles. The van der Waals surface area contributed by atoms with E-state index in [1.807, 2.05) is 0 Å². The Kier molecular flexibility index (Phi) is 10.7. The molecule has 0 aliphatic carbocycles. The molecule has 0 saturated carbocycles. The molecule has 0 spiro atoms. The molecule has 1 aliphatic heterocycles. The Bertz CT molecular complexity index is 1550. The number of terminal acetylenes is 1. The van der Waals surface area contributed by atoms with E-state index in [1.165, 1.54) is 48.5 Å². The molecule has 0 radical (unpaired) electrons. The number of carbonyl (C=O) groups is 1. The standard InChI is InChI=1S/C31H32F2N6O3S/c1-2-16-35-31(40)25-7-13-29(14-8-25)43(41,42)36-22-28(37-34)15-17-38-18-20-39(21-19-38)30(23-3-9-26(32)10-4-23)24-5-11-27(33)12-6-24/h1,3-14,22,30H,15-21,34H2,(H,35,40). The van der Waals surface area contributed by atoms with Crippen molar-refractivity contribution in [1.29, 1.82) is 0 Å². The summed E-state index contributed by atoms with van der Waals surface area (Å²) in [5.41, 5.74) is 2.41. The maximum absolute atomic E-state index is 13.6. The highest BCUT2D eigenvalue weighted by molar-refractivity contribution is 7.90. The lowest BCUT2D eigenvalue weighted by Gasteiger charge is -2.39. The normalized spacial score (nSPS) is 15.1. The third-order valence-electron chi connectivity index (χ3n) is 7.10. The summed E-state index contributed by atoms with van der Waals surface area (Å²) < 4.78 is 56.4. The predicted molar refractivity (Wildman–Crippen MR) is 162 cm³/mol. The molecule has 1 fully saturated rings. The highest BCUT2D eigenvalue weighted by atomic mass is 32.2. The van der Waals surface area contributed by atoms with E-state index in [-0.39, 0.29) is 34.7 Å². The smallest absolute Gasteiger partial charge is 0.282 e. The van der Waals surface area contributed by atoms with Crippen molar-refractivity contribution in [1.82, 2.24) is 15.1 Å². The number of carbonyl (C=O) groups excluding carboxylic acids is 1. The van der Waals surface area contributed by atoms with Gasteiger partial charge in [0.25, 0.3) is 15.9 Å². The first-order chi connectivity index (χ1) is 20.7. The Hall–Kier alpha value is -4.44. The summed E-state index contributed by atoms with van der Waals surface area (Å²) in [7, 11) is -4.04. The summed E-state index contributed by atoms with van der Waals surface area (Å²) in [4.78, 5) is 16.4. The van der Waals surface area contributed by atoms with E-state index in [1.54, 1.807) is 24.3 Å². The van der Waals surface area contributed by atoms with Crippen molar-refractivity contribution < 1.29 is 22.0 Å². The molecule has 3 aromatic carbocycles. The molecule has 0 atom stereocenters. The summed E-state index contributed by atoms with van der Waals surface area (Å²) >= 11 is 0. The van der Waals surface area contributed by atoms with Gasteiger partial charge in [-0.05, 0) is 59.7 Å². The maximum Gasteiger partial charge on any atom is 0.282 e. The Balaban J connectivity index is 1.34. The van der Waals surface area contributed by atoms with Gasteiger partial charge in [-0.15, -0.1) is 6.42 Å². The van der Waals surface area contributed by atoms with Crippen LogP contribution in [0.15, 0.2) is 87.2 Å². The second kappa shape index (κ2) is 14.6. The fraction of sp³-hybridized carbons (Fsp3) is 0.258. The first kappa shape index (κ1) is 31.5. The van der Waals surface area contributed by atoms with Crippen LogP contribution in [0.25, 0.3) is 0 Å². The predicted octanol–water partition coefficient (Wildman–Crippen LogP) is 3.20. The van der Waals surface area contributed by atoms with E-state index >= 15 is 0 Å². The molecule has 0 bridgehead atoms. The van der Waals surface area contributed by atoms with E-state index in [0.717, 1.165) is 17.3 Å². The molecular weight excluding hydrogens is 574 g/mol. The lowest BCUT2D eigenvalue weighted by atomic mass is 9.96. The van der Waals surface area contributed by atoms with Gasteiger partial charge in [0.1, 0.15) is 11.6 Å². The molecule has 3 N–H and O–H groups in total. The van der Waals surface area contributed by atoms with Gasteiger partial charge in [0, 0.05) is 44.7 Å². The number of nitrogens with zero attached hydrogens (tertiary/aromatic N) is 4. The number of piperazine rings is 1. The van der Waals surface area contributed by atoms with Gasteiger partial charge in [0.2, 0.25) is 0 Å². The zero-order valence-electron chi connectivity index (χ0n) is 23.4. The zero-order chi connectivity index (χ0) is 30.8. The number of halogens is 2. The average Bonchev–Trinajstić information content (AvgIpc) is 3.02. The number of nitrogens with two attached hydrogens (primary N) is 1. The molecule has 12 heteroatoms. The van der Waals surface area contributed by atoms with Crippen LogP contribution in [0.1, 0.15) is 33.9 Å². The molecule has 0 unspecified atom stereocenters. The first-order valence-electron chi connectivity index (χ1n) is 13.6. The van der Waals surface area contributed by atoms with Crippen LogP contribution in [0.3, 0.4) is 0 Å². The number of hydrogen-bond donors (Lipinski definition) is 2. The minimum absolute atomic E-state index is 0.0621. The lowest BCUT2D eigenvalue weighted by molar-refractivity contribution is 0.0958. The van der Waals surface area contributed by atoms with Crippen molar-refractivity contribution in [3.05, 3.63) is 101 Å². The van der Waals surface area contributed by atoms with Crippen LogP contribution < -0.4 is 11.2 Å². The molecule has 1 aliphatic rings. The van der Waals surface area contributed by atoms with Gasteiger partial charge in [-0.25, -0.2) is 8.78 Å². The Labute approximate surface area is 250 Å². The fourth-order valence-corrected chi connectivity index (χ4v) is 5.65. The number of nitrogens with one attached hydrogen (secondary N) is 1. The van der Waals surface area contributed by atoms with Crippen LogP contribution in [0.2, 0.25) is 0 Å². The van der Waals surface area contributed by atoms with Crippen LogP contribution in [0.5, 0.6) is 0 Å². The zero-order valence-corrected chi connectivity index (χ0v) is 24.2. The van der Waals surface area contributed by atoms with E-state index in [2.05, 4.69) is 30.5 Å². The number of sulfonamides is 1. The quantitative estimate of drug-likeness (QED) is 0.150. The molecule has 1 amide bonds. The number of amides is 1. The summed E-state index contributed by atoms with van der Waals surface area (Å²) in [5, 5.41) is 6.21. The van der Waals surface area contributed by atoms with Gasteiger partial charge in [-0.2, -0.15) is 17.9 Å². The summed E-state index contributed by atoms with van der Waals surface area (Å²) in [6.45, 7) is 3.48. The molecular formula is C31H32F2N6O3S. The maximum atomic E-state index is 13.6. The topological polar surface area (TPSA) is 120 Å². The molecule has 4 rings (SSSR count). The number of hydrazone groups is 1. The molecule has 43 heavy (non-hydrogen) atoms. The summed E-state index contributed by atoms with van der Waals surface area (Å²) in [6, 6.07) is 17.9. The van der Waals surface area contributed by atoms with Crippen molar-refractivity contribution in [2.45, 2.75) is 17.4 Å². The van der Waals surface area contributed by atoms with E-state index in [4.69, 9.17) is 12.3 Å². The fourth-order valence-electron chi connectivity index (χ4n) is 4.79. The van der Waals surface area contributed by atoms with Crippen molar-refractivity contribution in [2.24, 2.45) is 15.3 Å². The largest absolute Gasteiger partial charge is 0.341 e. The van der Waals surface area contributed by atoms with Gasteiger partial charge >= 0.3 is 0 Å². The number of rotatable bonds is 11. The monoisotopic (exact) mass is 606 g/mol. The minimum Gasteiger partial charge on any atom is -0.341 e. The van der Waals surface area contributed by atoms with Gasteiger partial charge < -0.3 is 16.1 Å². The third kappa shape index (κ3) is 8.54. The van der Waals surface area contributed by atoms with Crippen molar-refractivity contribution in [3.63, 3.8) is 0 Å². The molecule has 1 heterocycles. The Morgan fingerprint density at radius 3 is 2.02 bits per heavy atom. The molecule has 9 nitrogen and oxygen atoms in total. The van der Waals surface area contributed by atoms with Gasteiger partial charge in [0.15, 0.2) is 0 Å². The summed E-state index contributed by atoms with van der Waals surface area (Å²) in [6.07, 6.45) is 6.65. The second-order valence-corrected chi connectivity index (χ2v) is 11.5. The van der Waals surface area contributed by atoms with Crippen LogP contribution in [0.4, 0.5) is 8.78 Å². The van der Waals surface area contributed by atoms with E-state index in [0.29, 0.717) is 44.9 Å². The van der Waals surface area contributed by atoms with E-state index < -0.39 is 15.9 Å². The van der Waals surface area contributed by atoms with Crippen LogP contribution >= 0.6 is 0 Å². The number of benzene rings is 3. The molecule has 0 aromatic heterocycles. The lowest BCUT2D eigenvalue weighted by Crippen LogP contribution is -2.48. The van der Waals surface area contributed by atoms with Crippen LogP contribution in [0, 0.1) is 24.0 Å². The molecule has 224 valence electrons. The van der Waals surface area contributed by atoms with Gasteiger partial charge in [-0.3, -0.25) is 9.69 Å². The van der Waals surface area contributed by atoms with Crippen molar-refractivity contribution in [3.8, 4) is 12.3 Å². The average molecular weight is 607 g/mol. The highest BCUT2D eigenvalue weighted by Gasteiger charge is 2.26. The minimum atomic E-state index is -4.04. The SMILES string of the molecule is C#CCNC(=O)c1ccc(S(=O)(=O)N=CC(CCN2CCN(C(c3ccc(F)cc3)c3ccc(F)cc3)CC2)=NN)cc1. The highest BCUT2D eigenvalue weighted by Crippen LogP contribution is 2.30. The summed E-state index contributed by atoms with van der Waals surface area (Å²) in [5.74, 6) is 6.77. The van der Waals surface area contributed by atoms with Crippen LogP contribution in [-0.2, 0) is 10.0 Å². The van der Waals surface area contributed by atoms with Crippen molar-refractivity contribution >= 4 is 27.9 Å². The molecule has 3 aromatic rings. The number of hydrogen-bond acceptors (Lipinski definition) is 7. The van der Waals surface area contributed by atoms with Crippen LogP contribution in [-0.4, -0.2) is 75.3 Å². The van der Waals surface area contributed by atoms with Gasteiger partial charge in [0.05, 0.1) is 29.4 Å². The van der Waals surface area contributed by atoms with E-state index in [9.17, 15) is 22.0 Å². The third-order valence-corrected chi connectivity index (χ3v) is 8.35.